The predicted octanol–water partition coefficient (Wildman–Crippen LogP) is 1.49. The van der Waals surface area contributed by atoms with Crippen molar-refractivity contribution >= 4 is 27.5 Å². The van der Waals surface area contributed by atoms with E-state index in [9.17, 15) is 18.0 Å². The Kier molecular flexibility index (Phi) is 5.79. The van der Waals surface area contributed by atoms with Gasteiger partial charge in [-0.1, -0.05) is 12.1 Å². The normalized spacial score (nSPS) is 11.2. The van der Waals surface area contributed by atoms with Crippen molar-refractivity contribution in [3.8, 4) is 0 Å². The first-order valence-corrected chi connectivity index (χ1v) is 9.35. The van der Waals surface area contributed by atoms with Gasteiger partial charge < -0.3 is 11.1 Å². The molecule has 0 unspecified atom stereocenters. The van der Waals surface area contributed by atoms with Gasteiger partial charge in [-0.3, -0.25) is 9.59 Å². The Morgan fingerprint density at radius 2 is 1.69 bits per heavy atom. The van der Waals surface area contributed by atoms with Crippen molar-refractivity contribution in [2.24, 2.45) is 5.73 Å². The number of anilines is 1. The molecule has 0 saturated heterocycles. The number of amides is 2. The van der Waals surface area contributed by atoms with Crippen LogP contribution in [0.3, 0.4) is 0 Å². The summed E-state index contributed by atoms with van der Waals surface area (Å²) in [6.45, 7) is 3.44. The summed E-state index contributed by atoms with van der Waals surface area (Å²) in [5.41, 5.74) is 7.94. The highest BCUT2D eigenvalue weighted by atomic mass is 32.2. The third-order valence-corrected chi connectivity index (χ3v) is 5.57. The van der Waals surface area contributed by atoms with E-state index < -0.39 is 21.8 Å². The van der Waals surface area contributed by atoms with Gasteiger partial charge in [0.1, 0.15) is 0 Å². The molecule has 0 saturated carbocycles. The van der Waals surface area contributed by atoms with Crippen molar-refractivity contribution < 1.29 is 18.0 Å². The molecule has 0 aromatic heterocycles. The van der Waals surface area contributed by atoms with E-state index in [2.05, 4.69) is 10.0 Å². The van der Waals surface area contributed by atoms with Crippen LogP contribution in [0.5, 0.6) is 0 Å². The van der Waals surface area contributed by atoms with Gasteiger partial charge in [0.05, 0.1) is 11.3 Å². The molecule has 2 rings (SSSR count). The maximum Gasteiger partial charge on any atom is 0.255 e. The van der Waals surface area contributed by atoms with Crippen LogP contribution in [0.1, 0.15) is 27.0 Å². The van der Waals surface area contributed by atoms with E-state index in [1.165, 1.54) is 13.1 Å². The van der Waals surface area contributed by atoms with Gasteiger partial charge in [0, 0.05) is 11.3 Å². The number of hydrogen-bond acceptors (Lipinski definition) is 4. The Morgan fingerprint density at radius 3 is 2.23 bits per heavy atom. The van der Waals surface area contributed by atoms with Crippen molar-refractivity contribution in [2.75, 3.05) is 12.4 Å². The molecule has 0 aliphatic rings. The quantitative estimate of drug-likeness (QED) is 0.709. The first-order chi connectivity index (χ1) is 12.1. The van der Waals surface area contributed by atoms with Crippen molar-refractivity contribution in [2.45, 2.75) is 25.2 Å². The summed E-state index contributed by atoms with van der Waals surface area (Å²) in [5, 5.41) is 2.71. The number of primary amides is 1. The van der Waals surface area contributed by atoms with Crippen LogP contribution >= 0.6 is 0 Å². The third-order valence-electron chi connectivity index (χ3n) is 4.03. The van der Waals surface area contributed by atoms with Crippen LogP contribution in [0.25, 0.3) is 0 Å². The molecule has 8 heteroatoms. The van der Waals surface area contributed by atoms with Crippen LogP contribution in [-0.4, -0.2) is 27.3 Å². The van der Waals surface area contributed by atoms with Gasteiger partial charge in [0.15, 0.2) is 0 Å². The lowest BCUT2D eigenvalue weighted by Gasteiger charge is -2.12. The maximum atomic E-state index is 12.5. The number of nitrogens with one attached hydrogen (secondary N) is 2. The first-order valence-electron chi connectivity index (χ1n) is 7.87. The van der Waals surface area contributed by atoms with Crippen LogP contribution in [0.15, 0.2) is 41.3 Å². The Labute approximate surface area is 152 Å². The Balaban J connectivity index is 2.28. The second-order valence-electron chi connectivity index (χ2n) is 5.92. The molecule has 138 valence electrons. The number of benzene rings is 2. The molecule has 0 heterocycles. The number of rotatable bonds is 6. The molecule has 2 amide bonds. The Morgan fingerprint density at radius 1 is 1.08 bits per heavy atom. The van der Waals surface area contributed by atoms with E-state index in [-0.39, 0.29) is 16.9 Å². The summed E-state index contributed by atoms with van der Waals surface area (Å²) in [5.74, 6) is -0.863. The average Bonchev–Trinajstić information content (AvgIpc) is 2.58. The molecule has 0 aliphatic carbocycles. The fourth-order valence-corrected chi connectivity index (χ4v) is 3.52. The van der Waals surface area contributed by atoms with Crippen LogP contribution in [0.4, 0.5) is 5.69 Å². The molecule has 4 N–H and O–H groups in total. The minimum atomic E-state index is -3.67. The fourth-order valence-electron chi connectivity index (χ4n) is 2.46. The first kappa shape index (κ1) is 19.6. The SMILES string of the molecule is CNS(=O)(=O)c1cc(C(=O)Nc2ccc(CC(N)=O)cc2)cc(C)c1C. The van der Waals surface area contributed by atoms with E-state index in [1.54, 1.807) is 44.2 Å². The lowest BCUT2D eigenvalue weighted by atomic mass is 10.1. The lowest BCUT2D eigenvalue weighted by Crippen LogP contribution is -2.21. The van der Waals surface area contributed by atoms with Gasteiger partial charge in [0.2, 0.25) is 15.9 Å². The maximum absolute atomic E-state index is 12.5. The van der Waals surface area contributed by atoms with Crippen molar-refractivity contribution in [1.82, 2.24) is 4.72 Å². The molecular formula is C18H21N3O4S. The summed E-state index contributed by atoms with van der Waals surface area (Å²) in [6.07, 6.45) is 0.122. The average molecular weight is 375 g/mol. The molecule has 2 aromatic rings. The zero-order chi connectivity index (χ0) is 19.5. The summed E-state index contributed by atoms with van der Waals surface area (Å²) >= 11 is 0. The number of hydrogen-bond donors (Lipinski definition) is 3. The van der Waals surface area contributed by atoms with Gasteiger partial charge in [-0.25, -0.2) is 13.1 Å². The van der Waals surface area contributed by atoms with E-state index in [1.807, 2.05) is 0 Å². The largest absolute Gasteiger partial charge is 0.369 e. The lowest BCUT2D eigenvalue weighted by molar-refractivity contribution is -0.117. The summed E-state index contributed by atoms with van der Waals surface area (Å²) in [6, 6.07) is 9.69. The van der Waals surface area contributed by atoms with Gasteiger partial charge in [-0.05, 0) is 61.9 Å². The molecule has 2 aromatic carbocycles. The molecule has 7 nitrogen and oxygen atoms in total. The van der Waals surface area contributed by atoms with Crippen molar-refractivity contribution in [3.63, 3.8) is 0 Å². The van der Waals surface area contributed by atoms with E-state index in [0.29, 0.717) is 16.8 Å². The molecule has 0 aliphatic heterocycles. The summed E-state index contributed by atoms with van der Waals surface area (Å²) < 4.78 is 26.6. The minimum absolute atomic E-state index is 0.0713. The van der Waals surface area contributed by atoms with Crippen LogP contribution in [-0.2, 0) is 21.2 Å². The highest BCUT2D eigenvalue weighted by Gasteiger charge is 2.19. The van der Waals surface area contributed by atoms with Gasteiger partial charge in [-0.2, -0.15) is 0 Å². The molecule has 0 radical (unpaired) electrons. The Hall–Kier alpha value is -2.71. The molecule has 0 bridgehead atoms. The number of nitrogens with two attached hydrogens (primary N) is 1. The molecule has 0 fully saturated rings. The minimum Gasteiger partial charge on any atom is -0.369 e. The molecule has 0 atom stereocenters. The van der Waals surface area contributed by atoms with Crippen LogP contribution in [0.2, 0.25) is 0 Å². The zero-order valence-electron chi connectivity index (χ0n) is 14.8. The molecule has 0 spiro atoms. The number of carbonyl (C=O) groups excluding carboxylic acids is 2. The zero-order valence-corrected chi connectivity index (χ0v) is 15.6. The molecular weight excluding hydrogens is 354 g/mol. The number of carbonyl (C=O) groups is 2. The van der Waals surface area contributed by atoms with Gasteiger partial charge >= 0.3 is 0 Å². The van der Waals surface area contributed by atoms with Gasteiger partial charge in [-0.15, -0.1) is 0 Å². The fraction of sp³-hybridized carbons (Fsp3) is 0.222. The van der Waals surface area contributed by atoms with E-state index in [0.717, 1.165) is 5.56 Å². The smallest absolute Gasteiger partial charge is 0.255 e. The van der Waals surface area contributed by atoms with E-state index >= 15 is 0 Å². The topological polar surface area (TPSA) is 118 Å². The third kappa shape index (κ3) is 4.47. The second-order valence-corrected chi connectivity index (χ2v) is 7.77. The van der Waals surface area contributed by atoms with E-state index in [4.69, 9.17) is 5.73 Å². The highest BCUT2D eigenvalue weighted by molar-refractivity contribution is 7.89. The monoisotopic (exact) mass is 375 g/mol. The van der Waals surface area contributed by atoms with Crippen LogP contribution < -0.4 is 15.8 Å². The number of aryl methyl sites for hydroxylation is 1. The Bertz CT molecular complexity index is 951. The molecule has 26 heavy (non-hydrogen) atoms. The summed E-state index contributed by atoms with van der Waals surface area (Å²) in [4.78, 5) is 23.5. The van der Waals surface area contributed by atoms with Crippen molar-refractivity contribution in [3.05, 3.63) is 58.7 Å². The summed E-state index contributed by atoms with van der Waals surface area (Å²) in [7, 11) is -2.35. The predicted molar refractivity (Wildman–Crippen MR) is 99.5 cm³/mol. The van der Waals surface area contributed by atoms with Gasteiger partial charge in [0.25, 0.3) is 5.91 Å². The standard InChI is InChI=1S/C18H21N3O4S/c1-11-8-14(10-16(12(11)2)26(24,25)20-3)18(23)21-15-6-4-13(5-7-15)9-17(19)22/h4-8,10,20H,9H2,1-3H3,(H2,19,22)(H,21,23). The number of sulfonamides is 1. The van der Waals surface area contributed by atoms with Crippen molar-refractivity contribution in [1.29, 1.82) is 0 Å². The highest BCUT2D eigenvalue weighted by Crippen LogP contribution is 2.22. The second kappa shape index (κ2) is 7.67. The van der Waals surface area contributed by atoms with Crippen LogP contribution in [0, 0.1) is 13.8 Å².